The van der Waals surface area contributed by atoms with E-state index in [1.165, 1.54) is 0 Å². The van der Waals surface area contributed by atoms with Crippen molar-refractivity contribution in [3.63, 3.8) is 0 Å². The van der Waals surface area contributed by atoms with Crippen molar-refractivity contribution in [2.75, 3.05) is 13.1 Å². The molecule has 1 saturated heterocycles. The predicted molar refractivity (Wildman–Crippen MR) is 123 cm³/mol. The molecule has 0 unspecified atom stereocenters. The summed E-state index contributed by atoms with van der Waals surface area (Å²) in [4.78, 5) is 36.6. The second-order valence-corrected chi connectivity index (χ2v) is 7.95. The van der Waals surface area contributed by atoms with Gasteiger partial charge in [-0.25, -0.2) is 4.98 Å². The fourth-order valence-electron chi connectivity index (χ4n) is 4.18. The zero-order chi connectivity index (χ0) is 21.9. The molecule has 1 aliphatic rings. The molecule has 0 radical (unpaired) electrons. The molecule has 1 atom stereocenters. The quantitative estimate of drug-likeness (QED) is 0.546. The molecule has 0 bridgehead atoms. The number of benzene rings is 2. The first kappa shape index (κ1) is 19.9. The molecule has 2 aromatic carbocycles. The van der Waals surface area contributed by atoms with Gasteiger partial charge in [0.15, 0.2) is 0 Å². The summed E-state index contributed by atoms with van der Waals surface area (Å²) in [5.74, 6) is -0.307. The van der Waals surface area contributed by atoms with Crippen molar-refractivity contribution in [2.24, 2.45) is 0 Å². The number of hydrogen-bond acceptors (Lipinski definition) is 4. The van der Waals surface area contributed by atoms with Crippen LogP contribution in [0, 0.1) is 0 Å². The maximum Gasteiger partial charge on any atom is 0.255 e. The topological polar surface area (TPSA) is 75.2 Å². The highest BCUT2D eigenvalue weighted by Gasteiger charge is 2.29. The van der Waals surface area contributed by atoms with Gasteiger partial charge in [-0.3, -0.25) is 14.6 Å². The van der Waals surface area contributed by atoms with E-state index in [4.69, 9.17) is 4.98 Å². The van der Waals surface area contributed by atoms with Gasteiger partial charge < -0.3 is 10.2 Å². The minimum atomic E-state index is -0.165. The number of amides is 2. The zero-order valence-corrected chi connectivity index (χ0v) is 17.4. The molecule has 1 fully saturated rings. The Morgan fingerprint density at radius 3 is 2.66 bits per heavy atom. The number of aromatic nitrogens is 2. The number of nitrogens with zero attached hydrogens (tertiary/aromatic N) is 3. The van der Waals surface area contributed by atoms with Crippen molar-refractivity contribution in [3.8, 4) is 11.3 Å². The molecule has 6 nitrogen and oxygen atoms in total. The van der Waals surface area contributed by atoms with Crippen LogP contribution < -0.4 is 5.32 Å². The molecule has 6 heteroatoms. The van der Waals surface area contributed by atoms with Crippen molar-refractivity contribution in [1.29, 1.82) is 0 Å². The van der Waals surface area contributed by atoms with Crippen LogP contribution in [0.1, 0.15) is 15.9 Å². The molecule has 32 heavy (non-hydrogen) atoms. The lowest BCUT2D eigenvalue weighted by molar-refractivity contribution is -0.124. The largest absolute Gasteiger partial charge is 0.350 e. The Morgan fingerprint density at radius 1 is 1.03 bits per heavy atom. The standard InChI is InChI=1S/C26H22N4O2/c31-25-17-30(16-20(28-25)13-18-7-2-1-3-8-18)26(32)22-14-24(19-9-6-12-27-15-19)29-23-11-5-4-10-21(22)23/h1-12,14-15,20H,13,16-17H2,(H,28,31)/t20-/m0/s1. The fourth-order valence-corrected chi connectivity index (χ4v) is 4.18. The second kappa shape index (κ2) is 8.59. The fraction of sp³-hybridized carbons (Fsp3) is 0.154. The average molecular weight is 422 g/mol. The van der Waals surface area contributed by atoms with Crippen molar-refractivity contribution in [2.45, 2.75) is 12.5 Å². The van der Waals surface area contributed by atoms with E-state index in [0.29, 0.717) is 24.2 Å². The minimum absolute atomic E-state index is 0.0446. The summed E-state index contributed by atoms with van der Waals surface area (Å²) in [6.07, 6.45) is 4.11. The van der Waals surface area contributed by atoms with Gasteiger partial charge >= 0.3 is 0 Å². The molecule has 0 aliphatic carbocycles. The first-order valence-corrected chi connectivity index (χ1v) is 10.6. The molecular formula is C26H22N4O2. The Hall–Kier alpha value is -4.06. The van der Waals surface area contributed by atoms with Crippen molar-refractivity contribution in [1.82, 2.24) is 20.2 Å². The summed E-state index contributed by atoms with van der Waals surface area (Å²) in [6, 6.07) is 23.0. The highest BCUT2D eigenvalue weighted by Crippen LogP contribution is 2.26. The summed E-state index contributed by atoms with van der Waals surface area (Å²) < 4.78 is 0. The van der Waals surface area contributed by atoms with Crippen molar-refractivity contribution < 1.29 is 9.59 Å². The zero-order valence-electron chi connectivity index (χ0n) is 17.4. The molecule has 158 valence electrons. The van der Waals surface area contributed by atoms with Gasteiger partial charge in [0.1, 0.15) is 0 Å². The molecule has 0 spiro atoms. The van der Waals surface area contributed by atoms with Crippen LogP contribution in [0.2, 0.25) is 0 Å². The van der Waals surface area contributed by atoms with E-state index < -0.39 is 0 Å². The van der Waals surface area contributed by atoms with Crippen molar-refractivity contribution >= 4 is 22.7 Å². The minimum Gasteiger partial charge on any atom is -0.350 e. The van der Waals surface area contributed by atoms with Gasteiger partial charge in [0.25, 0.3) is 5.91 Å². The van der Waals surface area contributed by atoms with Gasteiger partial charge in [0, 0.05) is 29.9 Å². The van der Waals surface area contributed by atoms with Crippen LogP contribution >= 0.6 is 0 Å². The molecule has 2 amide bonds. The van der Waals surface area contributed by atoms with Crippen LogP contribution in [-0.2, 0) is 11.2 Å². The van der Waals surface area contributed by atoms with Gasteiger partial charge in [0.2, 0.25) is 5.91 Å². The molecule has 2 aromatic heterocycles. The van der Waals surface area contributed by atoms with E-state index in [1.54, 1.807) is 23.4 Å². The summed E-state index contributed by atoms with van der Waals surface area (Å²) in [5, 5.41) is 3.80. The lowest BCUT2D eigenvalue weighted by Gasteiger charge is -2.33. The van der Waals surface area contributed by atoms with Gasteiger partial charge in [-0.1, -0.05) is 48.5 Å². The highest BCUT2D eigenvalue weighted by atomic mass is 16.2. The van der Waals surface area contributed by atoms with Crippen LogP contribution in [0.25, 0.3) is 22.2 Å². The predicted octanol–water partition coefficient (Wildman–Crippen LogP) is 3.48. The summed E-state index contributed by atoms with van der Waals surface area (Å²) in [7, 11) is 0. The lowest BCUT2D eigenvalue weighted by Crippen LogP contribution is -2.56. The molecule has 4 aromatic rings. The van der Waals surface area contributed by atoms with Crippen LogP contribution in [0.15, 0.2) is 85.2 Å². The third kappa shape index (κ3) is 4.07. The number of piperazine rings is 1. The smallest absolute Gasteiger partial charge is 0.255 e. The van der Waals surface area contributed by atoms with Gasteiger partial charge in [-0.2, -0.15) is 0 Å². The molecule has 0 saturated carbocycles. The van der Waals surface area contributed by atoms with Crippen LogP contribution in [0.4, 0.5) is 0 Å². The lowest BCUT2D eigenvalue weighted by atomic mass is 10.0. The molecule has 1 N–H and O–H groups in total. The maximum absolute atomic E-state index is 13.6. The number of nitrogens with one attached hydrogen (secondary N) is 1. The number of para-hydroxylation sites is 1. The van der Waals surface area contributed by atoms with Crippen LogP contribution in [0.5, 0.6) is 0 Å². The number of carbonyl (C=O) groups is 2. The molecule has 1 aliphatic heterocycles. The van der Waals surface area contributed by atoms with Gasteiger partial charge in [0.05, 0.1) is 29.4 Å². The van der Waals surface area contributed by atoms with Gasteiger partial charge in [-0.05, 0) is 36.2 Å². The van der Waals surface area contributed by atoms with E-state index >= 15 is 0 Å². The number of pyridine rings is 2. The summed E-state index contributed by atoms with van der Waals surface area (Å²) in [6.45, 7) is 0.501. The van der Waals surface area contributed by atoms with E-state index in [0.717, 1.165) is 22.0 Å². The molecular weight excluding hydrogens is 400 g/mol. The van der Waals surface area contributed by atoms with E-state index in [2.05, 4.69) is 10.3 Å². The third-order valence-corrected chi connectivity index (χ3v) is 5.66. The highest BCUT2D eigenvalue weighted by molar-refractivity contribution is 6.08. The van der Waals surface area contributed by atoms with Crippen LogP contribution in [-0.4, -0.2) is 45.8 Å². The SMILES string of the molecule is O=C1CN(C(=O)c2cc(-c3cccnc3)nc3ccccc23)C[C@H](Cc2ccccc2)N1. The molecule has 5 rings (SSSR count). The Labute approximate surface area is 185 Å². The molecule has 3 heterocycles. The number of fused-ring (bicyclic) bond motifs is 1. The first-order valence-electron chi connectivity index (χ1n) is 10.6. The normalized spacial score (nSPS) is 16.1. The Morgan fingerprint density at radius 2 is 1.84 bits per heavy atom. The monoisotopic (exact) mass is 422 g/mol. The van der Waals surface area contributed by atoms with E-state index in [-0.39, 0.29) is 24.4 Å². The van der Waals surface area contributed by atoms with E-state index in [9.17, 15) is 9.59 Å². The Kier molecular flexibility index (Phi) is 5.34. The number of carbonyl (C=O) groups excluding carboxylic acids is 2. The van der Waals surface area contributed by atoms with E-state index in [1.807, 2.05) is 66.7 Å². The van der Waals surface area contributed by atoms with Crippen molar-refractivity contribution in [3.05, 3.63) is 96.3 Å². The maximum atomic E-state index is 13.6. The Bertz CT molecular complexity index is 1280. The second-order valence-electron chi connectivity index (χ2n) is 7.95. The Balaban J connectivity index is 1.49. The van der Waals surface area contributed by atoms with Crippen LogP contribution in [0.3, 0.4) is 0 Å². The summed E-state index contributed by atoms with van der Waals surface area (Å²) >= 11 is 0. The number of rotatable bonds is 4. The first-order chi connectivity index (χ1) is 15.7. The van der Waals surface area contributed by atoms with Gasteiger partial charge in [-0.15, -0.1) is 0 Å². The average Bonchev–Trinajstić information content (AvgIpc) is 2.84. The summed E-state index contributed by atoms with van der Waals surface area (Å²) in [5.41, 5.74) is 3.93. The number of hydrogen-bond donors (Lipinski definition) is 1. The third-order valence-electron chi connectivity index (χ3n) is 5.66.